The first-order chi connectivity index (χ1) is 19.7. The van der Waals surface area contributed by atoms with Gasteiger partial charge in [0.2, 0.25) is 10.0 Å². The Bertz CT molecular complexity index is 1230. The second-order valence-corrected chi connectivity index (χ2v) is 13.7. The highest BCUT2D eigenvalue weighted by molar-refractivity contribution is 7.92. The van der Waals surface area contributed by atoms with E-state index in [-0.39, 0.29) is 17.2 Å². The Morgan fingerprint density at radius 2 is 1.78 bits per heavy atom. The van der Waals surface area contributed by atoms with E-state index in [1.165, 1.54) is 23.6 Å². The number of benzene rings is 2. The van der Waals surface area contributed by atoms with Crippen molar-refractivity contribution in [1.82, 2.24) is 10.6 Å². The lowest BCUT2D eigenvalue weighted by atomic mass is 9.78. The van der Waals surface area contributed by atoms with Crippen LogP contribution >= 0.6 is 0 Å². The van der Waals surface area contributed by atoms with Crippen molar-refractivity contribution in [3.05, 3.63) is 59.7 Å². The molecule has 4 rings (SSSR count). The maximum atomic E-state index is 13.7. The molecule has 0 bridgehead atoms. The van der Waals surface area contributed by atoms with Crippen LogP contribution in [0.15, 0.2) is 48.5 Å². The van der Waals surface area contributed by atoms with Gasteiger partial charge in [-0.25, -0.2) is 8.42 Å². The van der Waals surface area contributed by atoms with E-state index >= 15 is 0 Å². The number of amides is 1. The largest absolute Gasteiger partial charge is 0.390 e. The summed E-state index contributed by atoms with van der Waals surface area (Å²) < 4.78 is 27.1. The number of carbonyl (C=O) groups excluding carboxylic acids is 1. The number of rotatable bonds is 13. The van der Waals surface area contributed by atoms with E-state index in [4.69, 9.17) is 0 Å². The second-order valence-electron chi connectivity index (χ2n) is 11.7. The molecule has 0 radical (unpaired) electrons. The summed E-state index contributed by atoms with van der Waals surface area (Å²) in [4.78, 5) is 13.7. The van der Waals surface area contributed by atoms with Crippen LogP contribution in [0.25, 0.3) is 0 Å². The topological polar surface area (TPSA) is 111 Å². The smallest absolute Gasteiger partial charge is 0.251 e. The predicted molar refractivity (Wildman–Crippen MR) is 167 cm³/mol. The minimum Gasteiger partial charge on any atom is -0.390 e. The predicted octanol–water partition coefficient (Wildman–Crippen LogP) is 4.84. The molecule has 0 aromatic heterocycles. The van der Waals surface area contributed by atoms with Crippen molar-refractivity contribution in [2.45, 2.75) is 95.7 Å². The third-order valence-electron chi connectivity index (χ3n) is 8.50. The molecular weight excluding hydrogens is 536 g/mol. The van der Waals surface area contributed by atoms with E-state index < -0.39 is 22.2 Å². The Labute approximate surface area is 246 Å². The van der Waals surface area contributed by atoms with Crippen molar-refractivity contribution in [3.63, 3.8) is 0 Å². The lowest BCUT2D eigenvalue weighted by molar-refractivity contribution is 0.0784. The molecule has 0 spiro atoms. The maximum Gasteiger partial charge on any atom is 0.251 e. The van der Waals surface area contributed by atoms with Crippen LogP contribution in [0.1, 0.15) is 87.6 Å². The van der Waals surface area contributed by atoms with Gasteiger partial charge in [0.25, 0.3) is 5.91 Å². The zero-order chi connectivity index (χ0) is 29.3. The third kappa shape index (κ3) is 8.46. The van der Waals surface area contributed by atoms with Crippen LogP contribution in [0.4, 0.5) is 11.4 Å². The number of anilines is 2. The molecule has 9 heteroatoms. The first kappa shape index (κ1) is 31.3. The molecular formula is C32H48N4O4S. The van der Waals surface area contributed by atoms with Gasteiger partial charge in [0.15, 0.2) is 0 Å². The van der Waals surface area contributed by atoms with Crippen LogP contribution < -0.4 is 20.3 Å². The van der Waals surface area contributed by atoms with E-state index in [9.17, 15) is 18.3 Å². The van der Waals surface area contributed by atoms with Crippen molar-refractivity contribution in [3.8, 4) is 0 Å². The SMILES string of the molecule is CCCC1(NC[C@@H](O)[C@H](Cc2ccccc2)NC(=O)c2cc(NCC)cc(N3CCCCS3(=O)=O)c2)CCCCC1. The van der Waals surface area contributed by atoms with E-state index in [1.54, 1.807) is 18.2 Å². The second kappa shape index (κ2) is 14.5. The number of carbonyl (C=O) groups is 1. The van der Waals surface area contributed by atoms with Gasteiger partial charge in [-0.15, -0.1) is 0 Å². The number of sulfonamides is 1. The Morgan fingerprint density at radius 1 is 1.02 bits per heavy atom. The minimum absolute atomic E-state index is 0.0459. The van der Waals surface area contributed by atoms with E-state index in [0.717, 1.165) is 37.7 Å². The van der Waals surface area contributed by atoms with Gasteiger partial charge in [0.1, 0.15) is 0 Å². The minimum atomic E-state index is -3.43. The average Bonchev–Trinajstić information content (AvgIpc) is 2.96. The van der Waals surface area contributed by atoms with Crippen LogP contribution in [0.5, 0.6) is 0 Å². The summed E-state index contributed by atoms with van der Waals surface area (Å²) in [7, 11) is -3.43. The summed E-state index contributed by atoms with van der Waals surface area (Å²) in [5.74, 6) is -0.223. The Hall–Kier alpha value is -2.62. The number of aliphatic hydroxyl groups is 1. The molecule has 1 amide bonds. The fourth-order valence-corrected chi connectivity index (χ4v) is 7.98. The quantitative estimate of drug-likeness (QED) is 0.268. The van der Waals surface area contributed by atoms with E-state index in [0.29, 0.717) is 49.4 Å². The number of β-amino-alcohol motifs (C(OH)–C–C–N with tert-alkyl or cyclic N) is 1. The normalized spacial score (nSPS) is 19.7. The van der Waals surface area contributed by atoms with E-state index in [2.05, 4.69) is 22.9 Å². The Kier molecular flexibility index (Phi) is 11.1. The van der Waals surface area contributed by atoms with Gasteiger partial charge in [-0.05, 0) is 69.2 Å². The summed E-state index contributed by atoms with van der Waals surface area (Å²) in [6, 6.07) is 14.6. The summed E-state index contributed by atoms with van der Waals surface area (Å²) >= 11 is 0. The van der Waals surface area contributed by atoms with Crippen molar-refractivity contribution >= 4 is 27.3 Å². The summed E-state index contributed by atoms with van der Waals surface area (Å²) in [6.45, 7) is 5.60. The highest BCUT2D eigenvalue weighted by Gasteiger charge is 2.33. The molecule has 41 heavy (non-hydrogen) atoms. The Morgan fingerprint density at radius 3 is 2.46 bits per heavy atom. The van der Waals surface area contributed by atoms with Gasteiger partial charge in [0, 0.05) is 36.4 Å². The third-order valence-corrected chi connectivity index (χ3v) is 10.4. The molecule has 4 N–H and O–H groups in total. The molecule has 0 unspecified atom stereocenters. The molecule has 2 atom stereocenters. The molecule has 1 aliphatic carbocycles. The first-order valence-corrected chi connectivity index (χ1v) is 17.0. The van der Waals surface area contributed by atoms with Gasteiger partial charge >= 0.3 is 0 Å². The standard InChI is InChI=1S/C32H48N4O4S/c1-3-15-32(16-9-6-10-17-32)34-24-30(37)29(20-25-13-7-5-8-14-25)35-31(38)26-21-27(33-4-2)23-28(22-26)36-18-11-12-19-41(36,39)40/h5,7-8,13-14,21-23,29-30,33-34,37H,3-4,6,9-12,15-20,24H2,1-2H3,(H,35,38)/t29-,30+/m0/s1. The molecule has 226 valence electrons. The van der Waals surface area contributed by atoms with Crippen LogP contribution in [0, 0.1) is 0 Å². The zero-order valence-corrected chi connectivity index (χ0v) is 25.5. The van der Waals surface area contributed by atoms with Crippen LogP contribution in [0.2, 0.25) is 0 Å². The van der Waals surface area contributed by atoms with Gasteiger partial charge < -0.3 is 21.1 Å². The molecule has 2 aliphatic rings. The summed E-state index contributed by atoms with van der Waals surface area (Å²) in [5.41, 5.74) is 2.63. The lowest BCUT2D eigenvalue weighted by Crippen LogP contribution is -2.54. The maximum absolute atomic E-state index is 13.7. The van der Waals surface area contributed by atoms with Crippen molar-refractivity contribution in [2.75, 3.05) is 35.0 Å². The molecule has 1 saturated heterocycles. The number of hydrogen-bond donors (Lipinski definition) is 4. The molecule has 1 heterocycles. The molecule has 2 aromatic rings. The molecule has 1 aliphatic heterocycles. The monoisotopic (exact) mass is 584 g/mol. The molecule has 8 nitrogen and oxygen atoms in total. The summed E-state index contributed by atoms with van der Waals surface area (Å²) in [6.07, 6.45) is 9.16. The highest BCUT2D eigenvalue weighted by atomic mass is 32.2. The Balaban J connectivity index is 1.56. The number of nitrogens with one attached hydrogen (secondary N) is 3. The highest BCUT2D eigenvalue weighted by Crippen LogP contribution is 2.32. The molecule has 1 saturated carbocycles. The van der Waals surface area contributed by atoms with Crippen LogP contribution in [-0.2, 0) is 16.4 Å². The zero-order valence-electron chi connectivity index (χ0n) is 24.7. The van der Waals surface area contributed by atoms with Crippen molar-refractivity contribution < 1.29 is 18.3 Å². The van der Waals surface area contributed by atoms with Gasteiger partial charge in [-0.3, -0.25) is 9.10 Å². The number of aliphatic hydroxyl groups excluding tert-OH is 1. The van der Waals surface area contributed by atoms with E-state index in [1.807, 2.05) is 37.3 Å². The molecule has 2 fully saturated rings. The average molecular weight is 585 g/mol. The van der Waals surface area contributed by atoms with Gasteiger partial charge in [0.05, 0.1) is 23.6 Å². The van der Waals surface area contributed by atoms with Crippen molar-refractivity contribution in [1.29, 1.82) is 0 Å². The summed E-state index contributed by atoms with van der Waals surface area (Å²) in [5, 5.41) is 21.5. The van der Waals surface area contributed by atoms with Crippen LogP contribution in [-0.4, -0.2) is 62.5 Å². The first-order valence-electron chi connectivity index (χ1n) is 15.4. The number of hydrogen-bond acceptors (Lipinski definition) is 6. The van der Waals surface area contributed by atoms with Gasteiger partial charge in [-0.1, -0.05) is 62.9 Å². The van der Waals surface area contributed by atoms with Crippen LogP contribution in [0.3, 0.4) is 0 Å². The number of nitrogens with zero attached hydrogens (tertiary/aromatic N) is 1. The van der Waals surface area contributed by atoms with Crippen molar-refractivity contribution in [2.24, 2.45) is 0 Å². The fraction of sp³-hybridized carbons (Fsp3) is 0.594. The van der Waals surface area contributed by atoms with Gasteiger partial charge in [-0.2, -0.15) is 0 Å². The molecule has 2 aromatic carbocycles. The lowest BCUT2D eigenvalue weighted by Gasteiger charge is -2.40. The fourth-order valence-electron chi connectivity index (χ4n) is 6.36.